The van der Waals surface area contributed by atoms with Crippen molar-refractivity contribution in [1.82, 2.24) is 15.4 Å². The summed E-state index contributed by atoms with van der Waals surface area (Å²) in [5, 5.41) is 9.51. The van der Waals surface area contributed by atoms with Gasteiger partial charge < -0.3 is 9.84 Å². The molecule has 2 heterocycles. The van der Waals surface area contributed by atoms with Gasteiger partial charge in [0.25, 0.3) is 0 Å². The van der Waals surface area contributed by atoms with E-state index in [0.29, 0.717) is 6.04 Å². The molecule has 19 heavy (non-hydrogen) atoms. The molecule has 0 unspecified atom stereocenters. The van der Waals surface area contributed by atoms with E-state index in [2.05, 4.69) is 53.8 Å². The maximum absolute atomic E-state index is 5.36. The van der Waals surface area contributed by atoms with Crippen LogP contribution in [0.2, 0.25) is 0 Å². The van der Waals surface area contributed by atoms with Crippen LogP contribution in [0.4, 0.5) is 0 Å². The standard InChI is InChI=1S/C14H21N3OS/c1-11(2)15-8-12-7-13(18-16-12)9-17(3)10-14-5-4-6-19-14/h4-7,11,15H,8-10H2,1-3H3. The molecule has 0 aromatic carbocycles. The van der Waals surface area contributed by atoms with Gasteiger partial charge in [0, 0.05) is 30.1 Å². The summed E-state index contributed by atoms with van der Waals surface area (Å²) in [6.45, 7) is 6.73. The topological polar surface area (TPSA) is 41.3 Å². The van der Waals surface area contributed by atoms with Gasteiger partial charge >= 0.3 is 0 Å². The van der Waals surface area contributed by atoms with Crippen molar-refractivity contribution >= 4 is 11.3 Å². The lowest BCUT2D eigenvalue weighted by molar-refractivity contribution is 0.267. The number of nitrogens with one attached hydrogen (secondary N) is 1. The molecule has 104 valence electrons. The van der Waals surface area contributed by atoms with Gasteiger partial charge in [-0.2, -0.15) is 0 Å². The molecule has 1 N–H and O–H groups in total. The third kappa shape index (κ3) is 4.78. The number of rotatable bonds is 7. The van der Waals surface area contributed by atoms with Crippen LogP contribution in [-0.2, 0) is 19.6 Å². The van der Waals surface area contributed by atoms with Crippen molar-refractivity contribution < 1.29 is 4.52 Å². The number of hydrogen-bond donors (Lipinski definition) is 1. The summed E-state index contributed by atoms with van der Waals surface area (Å²) < 4.78 is 5.36. The minimum Gasteiger partial charge on any atom is -0.360 e. The molecule has 0 saturated carbocycles. The van der Waals surface area contributed by atoms with Gasteiger partial charge in [-0.1, -0.05) is 25.1 Å². The minimum absolute atomic E-state index is 0.460. The van der Waals surface area contributed by atoms with E-state index in [0.717, 1.165) is 31.1 Å². The Hall–Kier alpha value is -1.17. The zero-order chi connectivity index (χ0) is 13.7. The lowest BCUT2D eigenvalue weighted by Crippen LogP contribution is -2.21. The van der Waals surface area contributed by atoms with Gasteiger partial charge in [-0.25, -0.2) is 0 Å². The van der Waals surface area contributed by atoms with Gasteiger partial charge in [0.15, 0.2) is 5.76 Å². The molecule has 0 fully saturated rings. The largest absolute Gasteiger partial charge is 0.360 e. The maximum Gasteiger partial charge on any atom is 0.151 e. The lowest BCUT2D eigenvalue weighted by Gasteiger charge is -2.12. The minimum atomic E-state index is 0.460. The quantitative estimate of drug-likeness (QED) is 0.846. The van der Waals surface area contributed by atoms with Crippen molar-refractivity contribution in [3.63, 3.8) is 0 Å². The molecule has 0 aliphatic heterocycles. The van der Waals surface area contributed by atoms with Gasteiger partial charge in [-0.15, -0.1) is 11.3 Å². The first-order valence-electron chi connectivity index (χ1n) is 6.52. The summed E-state index contributed by atoms with van der Waals surface area (Å²) in [4.78, 5) is 3.59. The Morgan fingerprint density at radius 2 is 2.26 bits per heavy atom. The van der Waals surface area contributed by atoms with E-state index < -0.39 is 0 Å². The molecule has 2 aromatic rings. The van der Waals surface area contributed by atoms with E-state index in [1.54, 1.807) is 11.3 Å². The van der Waals surface area contributed by atoms with Crippen molar-refractivity contribution in [2.75, 3.05) is 7.05 Å². The second-order valence-corrected chi connectivity index (χ2v) is 6.10. The van der Waals surface area contributed by atoms with Gasteiger partial charge in [-0.05, 0) is 18.5 Å². The van der Waals surface area contributed by atoms with E-state index in [1.165, 1.54) is 4.88 Å². The Labute approximate surface area is 118 Å². The summed E-state index contributed by atoms with van der Waals surface area (Å²) in [5.41, 5.74) is 0.966. The first-order chi connectivity index (χ1) is 9.13. The van der Waals surface area contributed by atoms with E-state index in [9.17, 15) is 0 Å². The Balaban J connectivity index is 1.82. The average Bonchev–Trinajstić information content (AvgIpc) is 2.98. The van der Waals surface area contributed by atoms with Crippen LogP contribution in [0.5, 0.6) is 0 Å². The van der Waals surface area contributed by atoms with Crippen molar-refractivity contribution in [1.29, 1.82) is 0 Å². The van der Waals surface area contributed by atoms with Gasteiger partial charge in [-0.3, -0.25) is 4.90 Å². The molecule has 4 nitrogen and oxygen atoms in total. The third-order valence-electron chi connectivity index (χ3n) is 2.73. The normalized spacial score (nSPS) is 11.6. The molecule has 0 spiro atoms. The van der Waals surface area contributed by atoms with E-state index in [1.807, 2.05) is 6.07 Å². The summed E-state index contributed by atoms with van der Waals surface area (Å²) in [6, 6.07) is 6.72. The smallest absolute Gasteiger partial charge is 0.151 e. The molecule has 0 bridgehead atoms. The summed E-state index contributed by atoms with van der Waals surface area (Å²) in [7, 11) is 2.09. The highest BCUT2D eigenvalue weighted by Crippen LogP contribution is 2.13. The Morgan fingerprint density at radius 3 is 2.95 bits per heavy atom. The van der Waals surface area contributed by atoms with Crippen LogP contribution >= 0.6 is 11.3 Å². The van der Waals surface area contributed by atoms with Crippen LogP contribution in [0.25, 0.3) is 0 Å². The van der Waals surface area contributed by atoms with E-state index in [4.69, 9.17) is 4.52 Å². The van der Waals surface area contributed by atoms with Crippen LogP contribution in [0.1, 0.15) is 30.2 Å². The van der Waals surface area contributed by atoms with Crippen molar-refractivity contribution in [3.8, 4) is 0 Å². The highest BCUT2D eigenvalue weighted by atomic mass is 32.1. The summed E-state index contributed by atoms with van der Waals surface area (Å²) in [5.74, 6) is 0.916. The van der Waals surface area contributed by atoms with Gasteiger partial charge in [0.2, 0.25) is 0 Å². The van der Waals surface area contributed by atoms with Crippen molar-refractivity contribution in [2.45, 2.75) is 39.5 Å². The number of aromatic nitrogens is 1. The predicted molar refractivity (Wildman–Crippen MR) is 78.0 cm³/mol. The Morgan fingerprint density at radius 1 is 1.42 bits per heavy atom. The van der Waals surface area contributed by atoms with Crippen LogP contribution in [0.3, 0.4) is 0 Å². The van der Waals surface area contributed by atoms with Crippen molar-refractivity contribution in [3.05, 3.63) is 39.9 Å². The summed E-state index contributed by atoms with van der Waals surface area (Å²) >= 11 is 1.78. The highest BCUT2D eigenvalue weighted by molar-refractivity contribution is 7.09. The fourth-order valence-electron chi connectivity index (χ4n) is 1.81. The molecule has 2 rings (SSSR count). The van der Waals surface area contributed by atoms with Crippen LogP contribution in [-0.4, -0.2) is 23.1 Å². The van der Waals surface area contributed by atoms with Crippen LogP contribution in [0, 0.1) is 0 Å². The molecule has 0 amide bonds. The lowest BCUT2D eigenvalue weighted by atomic mass is 10.3. The zero-order valence-electron chi connectivity index (χ0n) is 11.7. The highest BCUT2D eigenvalue weighted by Gasteiger charge is 2.08. The number of thiophene rings is 1. The van der Waals surface area contributed by atoms with Gasteiger partial charge in [0.05, 0.1) is 12.2 Å². The zero-order valence-corrected chi connectivity index (χ0v) is 12.5. The summed E-state index contributed by atoms with van der Waals surface area (Å²) in [6.07, 6.45) is 0. The first-order valence-corrected chi connectivity index (χ1v) is 7.40. The first kappa shape index (κ1) is 14.2. The second-order valence-electron chi connectivity index (χ2n) is 5.07. The molecule has 0 saturated heterocycles. The number of hydrogen-bond acceptors (Lipinski definition) is 5. The molecule has 0 aliphatic rings. The van der Waals surface area contributed by atoms with Crippen LogP contribution < -0.4 is 5.32 Å². The Bertz CT molecular complexity index is 479. The molecule has 5 heteroatoms. The molecular weight excluding hydrogens is 258 g/mol. The molecule has 0 aliphatic carbocycles. The van der Waals surface area contributed by atoms with Crippen molar-refractivity contribution in [2.24, 2.45) is 0 Å². The Kier molecular flexibility index (Phi) is 5.13. The van der Waals surface area contributed by atoms with Gasteiger partial charge in [0.1, 0.15) is 0 Å². The SMILES string of the molecule is CC(C)NCc1cc(CN(C)Cc2cccs2)on1. The molecule has 2 aromatic heterocycles. The molecule has 0 atom stereocenters. The van der Waals surface area contributed by atoms with E-state index >= 15 is 0 Å². The fraction of sp³-hybridized carbons (Fsp3) is 0.500. The second kappa shape index (κ2) is 6.84. The molecule has 0 radical (unpaired) electrons. The average molecular weight is 279 g/mol. The maximum atomic E-state index is 5.36. The van der Waals surface area contributed by atoms with Crippen LogP contribution in [0.15, 0.2) is 28.1 Å². The third-order valence-corrected chi connectivity index (χ3v) is 3.59. The van der Waals surface area contributed by atoms with E-state index in [-0.39, 0.29) is 0 Å². The molecular formula is C14H21N3OS. The fourth-order valence-corrected chi connectivity index (χ4v) is 2.60. The predicted octanol–water partition coefficient (Wildman–Crippen LogP) is 2.87. The number of nitrogens with zero attached hydrogens (tertiary/aromatic N) is 2. The monoisotopic (exact) mass is 279 g/mol.